The molecule has 2 aliphatic rings. The molecule has 0 saturated carbocycles. The third-order valence-electron chi connectivity index (χ3n) is 5.43. The first-order valence-electron chi connectivity index (χ1n) is 9.80. The first-order chi connectivity index (χ1) is 14.5. The van der Waals surface area contributed by atoms with Crippen molar-refractivity contribution in [2.45, 2.75) is 64.2 Å². The molecular weight excluding hydrogens is 408 g/mol. The number of carbonyl (C=O) groups is 3. The Bertz CT molecular complexity index is 906. The van der Waals surface area contributed by atoms with Crippen LogP contribution in [0.3, 0.4) is 0 Å². The molecule has 0 bridgehead atoms. The van der Waals surface area contributed by atoms with E-state index >= 15 is 0 Å². The molecule has 1 aromatic rings. The third-order valence-corrected chi connectivity index (χ3v) is 5.43. The lowest BCUT2D eigenvalue weighted by Gasteiger charge is -2.44. The van der Waals surface area contributed by atoms with Crippen molar-refractivity contribution in [3.8, 4) is 0 Å². The van der Waals surface area contributed by atoms with Crippen molar-refractivity contribution in [1.29, 1.82) is 0 Å². The lowest BCUT2D eigenvalue weighted by molar-refractivity contribution is -0.141. The number of fused-ring (bicyclic) bond motifs is 2. The molecule has 0 aromatic carbocycles. The van der Waals surface area contributed by atoms with Gasteiger partial charge in [-0.05, 0) is 27.7 Å². The molecule has 170 valence electrons. The van der Waals surface area contributed by atoms with Crippen molar-refractivity contribution in [2.75, 3.05) is 19.1 Å². The van der Waals surface area contributed by atoms with E-state index in [0.29, 0.717) is 17.3 Å². The molecule has 0 saturated heterocycles. The number of imidazole rings is 1. The number of amides is 1. The van der Waals surface area contributed by atoms with Crippen LogP contribution in [0.25, 0.3) is 0 Å². The van der Waals surface area contributed by atoms with Crippen molar-refractivity contribution in [3.63, 3.8) is 0 Å². The van der Waals surface area contributed by atoms with E-state index in [-0.39, 0.29) is 30.5 Å². The van der Waals surface area contributed by atoms with Crippen LogP contribution >= 0.6 is 0 Å². The zero-order chi connectivity index (χ0) is 23.1. The summed E-state index contributed by atoms with van der Waals surface area (Å²) < 4.78 is 10.7. The van der Waals surface area contributed by atoms with E-state index < -0.39 is 24.5 Å². The Morgan fingerprint density at radius 1 is 1.42 bits per heavy atom. The van der Waals surface area contributed by atoms with Crippen LogP contribution in [0.1, 0.15) is 37.0 Å². The van der Waals surface area contributed by atoms with Gasteiger partial charge < -0.3 is 24.4 Å². The Balaban J connectivity index is 1.93. The number of nitrogens with zero attached hydrogens (tertiary/aromatic N) is 5. The number of carbonyl (C=O) groups excluding carboxylic acids is 3. The highest BCUT2D eigenvalue weighted by atomic mass is 16.6. The molecule has 4 unspecified atom stereocenters. The second kappa shape index (κ2) is 8.17. The van der Waals surface area contributed by atoms with Crippen LogP contribution in [0.15, 0.2) is 4.99 Å². The number of methoxy groups -OCH3 is 1. The Morgan fingerprint density at radius 3 is 2.68 bits per heavy atom. The number of aliphatic hydroxyl groups is 1. The van der Waals surface area contributed by atoms with Crippen LogP contribution in [0.5, 0.6) is 0 Å². The van der Waals surface area contributed by atoms with E-state index in [9.17, 15) is 19.5 Å². The first kappa shape index (κ1) is 22.5. The first-order valence-corrected chi connectivity index (χ1v) is 9.80. The molecule has 2 aliphatic heterocycles. The highest BCUT2D eigenvalue weighted by Gasteiger charge is 2.49. The summed E-state index contributed by atoms with van der Waals surface area (Å²) >= 11 is 0. The molecule has 0 spiro atoms. The zero-order valence-corrected chi connectivity index (χ0v) is 18.4. The summed E-state index contributed by atoms with van der Waals surface area (Å²) in [7, 11) is 2.98. The fourth-order valence-corrected chi connectivity index (χ4v) is 3.87. The SMILES string of the molecule is COC(=O)NC(OC=O)C(O)Cc1c(C)nc2n1C(=O)C1N=CN(C(C)(C)C)C1N2C. The molecule has 12 heteroatoms. The lowest BCUT2D eigenvalue weighted by atomic mass is 10.0. The molecule has 31 heavy (non-hydrogen) atoms. The van der Waals surface area contributed by atoms with Crippen molar-refractivity contribution in [1.82, 2.24) is 19.8 Å². The normalized spacial score (nSPS) is 22.0. The number of nitrogens with one attached hydrogen (secondary N) is 1. The molecule has 0 aliphatic carbocycles. The number of aliphatic imine (C=N–C) groups is 1. The summed E-state index contributed by atoms with van der Waals surface area (Å²) in [6, 6.07) is -0.656. The standard InChI is InChI=1S/C19H28N6O6/c1-10-11(7-12(27)14(31-9-26)22-18(29)30-6)25-16(28)13-15(23(5)17(25)21-10)24(8-20-13)19(2,3)4/h8-9,12-15,27H,7H2,1-6H3,(H,22,29). The maximum Gasteiger partial charge on any atom is 0.409 e. The Kier molecular flexibility index (Phi) is 5.94. The quantitative estimate of drug-likeness (QED) is 0.461. The number of anilines is 1. The molecule has 0 radical (unpaired) electrons. The Hall–Kier alpha value is -3.15. The van der Waals surface area contributed by atoms with Gasteiger partial charge >= 0.3 is 6.09 Å². The molecular formula is C19H28N6O6. The van der Waals surface area contributed by atoms with Gasteiger partial charge in [0, 0.05) is 19.0 Å². The van der Waals surface area contributed by atoms with Gasteiger partial charge in [0.25, 0.3) is 12.4 Å². The van der Waals surface area contributed by atoms with E-state index in [4.69, 9.17) is 4.74 Å². The van der Waals surface area contributed by atoms with Crippen LogP contribution in [-0.2, 0) is 20.7 Å². The predicted octanol–water partition coefficient (Wildman–Crippen LogP) is -0.123. The Labute approximate surface area is 179 Å². The van der Waals surface area contributed by atoms with Crippen molar-refractivity contribution < 1.29 is 29.0 Å². The molecule has 3 rings (SSSR count). The monoisotopic (exact) mass is 436 g/mol. The Morgan fingerprint density at radius 2 is 2.10 bits per heavy atom. The van der Waals surface area contributed by atoms with E-state index in [0.717, 1.165) is 7.11 Å². The number of aromatic nitrogens is 2. The molecule has 0 fully saturated rings. The summed E-state index contributed by atoms with van der Waals surface area (Å²) in [5, 5.41) is 12.9. The minimum absolute atomic E-state index is 0.106. The predicted molar refractivity (Wildman–Crippen MR) is 110 cm³/mol. The summed E-state index contributed by atoms with van der Waals surface area (Å²) in [6.45, 7) is 7.94. The van der Waals surface area contributed by atoms with Crippen molar-refractivity contribution >= 4 is 30.8 Å². The summed E-state index contributed by atoms with van der Waals surface area (Å²) in [6.07, 6.45) is -2.32. The zero-order valence-electron chi connectivity index (χ0n) is 18.4. The fourth-order valence-electron chi connectivity index (χ4n) is 3.87. The molecule has 3 heterocycles. The average molecular weight is 436 g/mol. The topological polar surface area (TPSA) is 139 Å². The summed E-state index contributed by atoms with van der Waals surface area (Å²) in [5.41, 5.74) is 0.719. The van der Waals surface area contributed by atoms with E-state index in [1.54, 1.807) is 13.3 Å². The van der Waals surface area contributed by atoms with Crippen LogP contribution in [0.4, 0.5) is 10.7 Å². The average Bonchev–Trinajstić information content (AvgIpc) is 3.28. The maximum absolute atomic E-state index is 13.3. The largest absolute Gasteiger partial charge is 0.453 e. The number of alkyl carbamates (subject to hydrolysis) is 1. The van der Waals surface area contributed by atoms with Crippen LogP contribution in [-0.4, -0.2) is 88.6 Å². The van der Waals surface area contributed by atoms with Crippen molar-refractivity contribution in [2.24, 2.45) is 4.99 Å². The van der Waals surface area contributed by atoms with Gasteiger partial charge in [0.2, 0.25) is 12.2 Å². The molecule has 1 amide bonds. The van der Waals surface area contributed by atoms with E-state index in [2.05, 4.69) is 20.0 Å². The minimum atomic E-state index is -1.36. The van der Waals surface area contributed by atoms with E-state index in [1.807, 2.05) is 37.6 Å². The highest BCUT2D eigenvalue weighted by molar-refractivity contribution is 5.93. The molecule has 4 atom stereocenters. The number of rotatable bonds is 6. The van der Waals surface area contributed by atoms with Gasteiger partial charge in [0.1, 0.15) is 12.3 Å². The third kappa shape index (κ3) is 3.94. The van der Waals surface area contributed by atoms with Crippen LogP contribution in [0, 0.1) is 6.92 Å². The van der Waals surface area contributed by atoms with Crippen LogP contribution < -0.4 is 10.2 Å². The second-order valence-corrected chi connectivity index (χ2v) is 8.49. The molecule has 12 nitrogen and oxygen atoms in total. The fraction of sp³-hybridized carbons (Fsp3) is 0.632. The summed E-state index contributed by atoms with van der Waals surface area (Å²) in [5.74, 6) is 0.164. The van der Waals surface area contributed by atoms with Gasteiger partial charge in [-0.25, -0.2) is 9.78 Å². The maximum atomic E-state index is 13.3. The van der Waals surface area contributed by atoms with Gasteiger partial charge in [-0.2, -0.15) is 0 Å². The minimum Gasteiger partial charge on any atom is -0.453 e. The number of likely N-dealkylation sites (N-methyl/N-ethyl adjacent to an activating group) is 1. The van der Waals surface area contributed by atoms with Gasteiger partial charge in [-0.3, -0.25) is 24.5 Å². The summed E-state index contributed by atoms with van der Waals surface area (Å²) in [4.78, 5) is 48.5. The smallest absolute Gasteiger partial charge is 0.409 e. The van der Waals surface area contributed by atoms with Crippen LogP contribution in [0.2, 0.25) is 0 Å². The number of hydrogen-bond donors (Lipinski definition) is 2. The van der Waals surface area contributed by atoms with E-state index in [1.165, 1.54) is 4.57 Å². The number of aliphatic hydroxyl groups excluding tert-OH is 1. The van der Waals surface area contributed by atoms with Gasteiger partial charge in [0.15, 0.2) is 6.04 Å². The van der Waals surface area contributed by atoms with Gasteiger partial charge in [-0.1, -0.05) is 0 Å². The molecule has 2 N–H and O–H groups in total. The van der Waals surface area contributed by atoms with Gasteiger partial charge in [0.05, 0.1) is 24.8 Å². The van der Waals surface area contributed by atoms with Crippen molar-refractivity contribution in [3.05, 3.63) is 11.4 Å². The molecule has 1 aromatic heterocycles. The second-order valence-electron chi connectivity index (χ2n) is 8.49. The highest BCUT2D eigenvalue weighted by Crippen LogP contribution is 2.35. The van der Waals surface area contributed by atoms with Gasteiger partial charge in [-0.15, -0.1) is 0 Å². The number of aryl methyl sites for hydroxylation is 1. The number of hydrogen-bond acceptors (Lipinski definition) is 10. The lowest BCUT2D eigenvalue weighted by Crippen LogP contribution is -2.61. The number of ether oxygens (including phenoxy) is 2.